The summed E-state index contributed by atoms with van der Waals surface area (Å²) in [5.74, 6) is 1.83. The highest BCUT2D eigenvalue weighted by Gasteiger charge is 2.12. The zero-order valence-electron chi connectivity index (χ0n) is 13.2. The molecule has 0 aliphatic rings. The highest BCUT2D eigenvalue weighted by atomic mass is 79.9. The predicted octanol–water partition coefficient (Wildman–Crippen LogP) is 3.65. The molecule has 3 aromatic rings. The van der Waals surface area contributed by atoms with Crippen LogP contribution >= 0.6 is 15.9 Å². The molecule has 1 aromatic heterocycles. The van der Waals surface area contributed by atoms with E-state index in [1.165, 1.54) is 6.33 Å². The molecule has 0 aliphatic carbocycles. The maximum Gasteiger partial charge on any atom is 0.162 e. The van der Waals surface area contributed by atoms with Gasteiger partial charge in [-0.05, 0) is 24.3 Å². The van der Waals surface area contributed by atoms with E-state index in [4.69, 9.17) is 9.47 Å². The average Bonchev–Trinajstić information content (AvgIpc) is 2.62. The van der Waals surface area contributed by atoms with Crippen LogP contribution in [0, 0.1) is 0 Å². The Morgan fingerprint density at radius 1 is 1.08 bits per heavy atom. The number of benzene rings is 2. The first-order valence-corrected chi connectivity index (χ1v) is 7.98. The summed E-state index contributed by atoms with van der Waals surface area (Å²) in [6, 6.07) is 9.26. The summed E-state index contributed by atoms with van der Waals surface area (Å²) in [5.41, 5.74) is 2.26. The van der Waals surface area contributed by atoms with Crippen LogP contribution in [0.5, 0.6) is 11.5 Å². The highest BCUT2D eigenvalue weighted by molar-refractivity contribution is 9.10. The van der Waals surface area contributed by atoms with E-state index in [2.05, 4.69) is 31.2 Å². The van der Waals surface area contributed by atoms with Crippen LogP contribution in [0.4, 0.5) is 11.5 Å². The minimum absolute atomic E-state index is 0.0814. The van der Waals surface area contributed by atoms with Gasteiger partial charge in [-0.1, -0.05) is 15.9 Å². The molecule has 0 aliphatic heterocycles. The number of nitrogens with zero attached hydrogens (tertiary/aromatic N) is 2. The van der Waals surface area contributed by atoms with Crippen molar-refractivity contribution < 1.29 is 14.6 Å². The minimum Gasteiger partial charge on any atom is -0.493 e. The third-order valence-electron chi connectivity index (χ3n) is 3.63. The van der Waals surface area contributed by atoms with E-state index in [1.807, 2.05) is 24.3 Å². The van der Waals surface area contributed by atoms with Gasteiger partial charge in [0.25, 0.3) is 0 Å². The van der Waals surface area contributed by atoms with E-state index in [9.17, 15) is 5.11 Å². The van der Waals surface area contributed by atoms with Crippen molar-refractivity contribution in [1.29, 1.82) is 0 Å². The predicted molar refractivity (Wildman–Crippen MR) is 96.0 cm³/mol. The lowest BCUT2D eigenvalue weighted by Gasteiger charge is -2.14. The molecule has 2 N–H and O–H groups in total. The Morgan fingerprint density at radius 3 is 2.54 bits per heavy atom. The molecule has 24 heavy (non-hydrogen) atoms. The second-order valence-electron chi connectivity index (χ2n) is 5.03. The molecule has 3 rings (SSSR count). The second-order valence-corrected chi connectivity index (χ2v) is 5.95. The Kier molecular flexibility index (Phi) is 4.82. The number of ether oxygens (including phenoxy) is 2. The van der Waals surface area contributed by atoms with Crippen molar-refractivity contribution in [2.45, 2.75) is 6.61 Å². The molecular formula is C17H16BrN3O3. The van der Waals surface area contributed by atoms with Crippen molar-refractivity contribution in [2.75, 3.05) is 19.5 Å². The molecule has 124 valence electrons. The number of aliphatic hydroxyl groups excluding tert-OH is 1. The average molecular weight is 390 g/mol. The molecule has 6 nitrogen and oxygen atoms in total. The number of hydrogen-bond acceptors (Lipinski definition) is 6. The van der Waals surface area contributed by atoms with Gasteiger partial charge in [-0.2, -0.15) is 0 Å². The summed E-state index contributed by atoms with van der Waals surface area (Å²) >= 11 is 3.40. The summed E-state index contributed by atoms with van der Waals surface area (Å²) in [7, 11) is 3.17. The van der Waals surface area contributed by atoms with Gasteiger partial charge in [0.1, 0.15) is 12.1 Å². The SMILES string of the molecule is COc1cc2ncnc(Nc3ccc(Br)cc3CO)c2cc1OC. The lowest BCUT2D eigenvalue weighted by atomic mass is 10.1. The van der Waals surface area contributed by atoms with Gasteiger partial charge in [0.05, 0.1) is 26.3 Å². The third kappa shape index (κ3) is 3.13. The molecule has 0 amide bonds. The molecule has 7 heteroatoms. The summed E-state index contributed by atoms with van der Waals surface area (Å²) in [6.45, 7) is -0.0814. The van der Waals surface area contributed by atoms with Gasteiger partial charge in [-0.3, -0.25) is 0 Å². The molecule has 0 bridgehead atoms. The second kappa shape index (κ2) is 7.02. The number of aromatic nitrogens is 2. The monoisotopic (exact) mass is 389 g/mol. The molecule has 1 heterocycles. The van der Waals surface area contributed by atoms with Gasteiger partial charge >= 0.3 is 0 Å². The van der Waals surface area contributed by atoms with Gasteiger partial charge in [0.15, 0.2) is 11.5 Å². The van der Waals surface area contributed by atoms with E-state index in [1.54, 1.807) is 20.3 Å². The van der Waals surface area contributed by atoms with Crippen LogP contribution in [0.2, 0.25) is 0 Å². The fourth-order valence-corrected chi connectivity index (χ4v) is 2.83. The standard InChI is InChI=1S/C17H16BrN3O3/c1-23-15-6-12-14(7-16(15)24-2)19-9-20-17(12)21-13-4-3-11(18)5-10(13)8-22/h3-7,9,22H,8H2,1-2H3,(H,19,20,21). The first-order chi connectivity index (χ1) is 11.7. The fourth-order valence-electron chi connectivity index (χ4n) is 2.43. The van der Waals surface area contributed by atoms with Crippen LogP contribution in [0.25, 0.3) is 10.9 Å². The zero-order valence-corrected chi connectivity index (χ0v) is 14.8. The molecule has 0 fully saturated rings. The summed E-state index contributed by atoms with van der Waals surface area (Å²) in [6.07, 6.45) is 1.48. The fraction of sp³-hybridized carbons (Fsp3) is 0.176. The summed E-state index contributed by atoms with van der Waals surface area (Å²) in [4.78, 5) is 8.60. The quantitative estimate of drug-likeness (QED) is 0.693. The Morgan fingerprint density at radius 2 is 1.83 bits per heavy atom. The summed E-state index contributed by atoms with van der Waals surface area (Å²) < 4.78 is 11.6. The van der Waals surface area contributed by atoms with Crippen LogP contribution in [0.3, 0.4) is 0 Å². The van der Waals surface area contributed by atoms with Crippen molar-refractivity contribution in [3.8, 4) is 11.5 Å². The number of halogens is 1. The smallest absolute Gasteiger partial charge is 0.162 e. The van der Waals surface area contributed by atoms with Crippen molar-refractivity contribution in [1.82, 2.24) is 9.97 Å². The van der Waals surface area contributed by atoms with E-state index < -0.39 is 0 Å². The van der Waals surface area contributed by atoms with Gasteiger partial charge < -0.3 is 19.9 Å². The maximum atomic E-state index is 9.55. The molecule has 0 unspecified atom stereocenters. The van der Waals surface area contributed by atoms with E-state index in [-0.39, 0.29) is 6.61 Å². The van der Waals surface area contributed by atoms with Crippen LogP contribution in [0.1, 0.15) is 5.56 Å². The van der Waals surface area contributed by atoms with Crippen molar-refractivity contribution >= 4 is 38.3 Å². The van der Waals surface area contributed by atoms with Gasteiger partial charge in [0.2, 0.25) is 0 Å². The van der Waals surface area contributed by atoms with Crippen LogP contribution in [-0.2, 0) is 6.61 Å². The molecular weight excluding hydrogens is 374 g/mol. The van der Waals surface area contributed by atoms with Crippen LogP contribution in [-0.4, -0.2) is 29.3 Å². The third-order valence-corrected chi connectivity index (χ3v) is 4.12. The van der Waals surface area contributed by atoms with E-state index in [0.717, 1.165) is 26.6 Å². The number of anilines is 2. The first-order valence-electron chi connectivity index (χ1n) is 7.19. The number of nitrogens with one attached hydrogen (secondary N) is 1. The maximum absolute atomic E-state index is 9.55. The van der Waals surface area contributed by atoms with Crippen molar-refractivity contribution in [3.05, 3.63) is 46.7 Å². The lowest BCUT2D eigenvalue weighted by molar-refractivity contribution is 0.282. The molecule has 0 radical (unpaired) electrons. The topological polar surface area (TPSA) is 76.5 Å². The number of aliphatic hydroxyl groups is 1. The first kappa shape index (κ1) is 16.5. The Bertz CT molecular complexity index is 886. The normalized spacial score (nSPS) is 10.7. The molecule has 2 aromatic carbocycles. The highest BCUT2D eigenvalue weighted by Crippen LogP contribution is 2.35. The van der Waals surface area contributed by atoms with Gasteiger partial charge in [-0.25, -0.2) is 9.97 Å². The van der Waals surface area contributed by atoms with Gasteiger partial charge in [-0.15, -0.1) is 0 Å². The van der Waals surface area contributed by atoms with E-state index in [0.29, 0.717) is 17.3 Å². The molecule has 0 spiro atoms. The Balaban J connectivity index is 2.10. The minimum atomic E-state index is -0.0814. The largest absolute Gasteiger partial charge is 0.493 e. The molecule has 0 saturated carbocycles. The Hall–Kier alpha value is -2.38. The van der Waals surface area contributed by atoms with Crippen LogP contribution in [0.15, 0.2) is 41.1 Å². The number of fused-ring (bicyclic) bond motifs is 1. The van der Waals surface area contributed by atoms with Gasteiger partial charge in [0, 0.05) is 27.2 Å². The number of rotatable bonds is 5. The van der Waals surface area contributed by atoms with Crippen molar-refractivity contribution in [3.63, 3.8) is 0 Å². The number of hydrogen-bond donors (Lipinski definition) is 2. The number of methoxy groups -OCH3 is 2. The van der Waals surface area contributed by atoms with Crippen LogP contribution < -0.4 is 14.8 Å². The molecule has 0 atom stereocenters. The lowest BCUT2D eigenvalue weighted by Crippen LogP contribution is -2.00. The van der Waals surface area contributed by atoms with E-state index >= 15 is 0 Å². The van der Waals surface area contributed by atoms with Crippen molar-refractivity contribution in [2.24, 2.45) is 0 Å². The molecule has 0 saturated heterocycles. The Labute approximate surface area is 147 Å². The zero-order chi connectivity index (χ0) is 17.1. The summed E-state index contributed by atoms with van der Waals surface area (Å²) in [5, 5.41) is 13.6.